The Balaban J connectivity index is 0. The number of carbonyl (C=O) groups is 1. The molecule has 0 aromatic heterocycles. The minimum absolute atomic E-state index is 0.0300. The van der Waals surface area contributed by atoms with E-state index in [0.717, 1.165) is 5.57 Å². The van der Waals surface area contributed by atoms with Crippen LogP contribution < -0.4 is 0 Å². The fraction of sp³-hybridized carbons (Fsp3) is 0.727. The minimum Gasteiger partial charge on any atom is -0.463 e. The molecule has 0 fully saturated rings. The molecule has 0 aromatic carbocycles. The number of alkyl halides is 1. The van der Waals surface area contributed by atoms with Gasteiger partial charge in [-0.3, -0.25) is 4.79 Å². The quantitative estimate of drug-likeness (QED) is 0.521. The minimum atomic E-state index is -0.309. The molecule has 0 aliphatic carbocycles. The van der Waals surface area contributed by atoms with Crippen LogP contribution in [-0.2, 0) is 9.53 Å². The predicted molar refractivity (Wildman–Crippen MR) is 56.9 cm³/mol. The summed E-state index contributed by atoms with van der Waals surface area (Å²) in [4.78, 5) is 10.4. The van der Waals surface area contributed by atoms with Crippen molar-refractivity contribution in [3.63, 3.8) is 0 Å². The van der Waals surface area contributed by atoms with Crippen LogP contribution >= 0.6 is 0 Å². The number of rotatable bonds is 3. The summed E-state index contributed by atoms with van der Waals surface area (Å²) in [5, 5.41) is 0. The van der Waals surface area contributed by atoms with E-state index >= 15 is 0 Å². The maximum Gasteiger partial charge on any atom is 0.305 e. The van der Waals surface area contributed by atoms with Crippen molar-refractivity contribution in [3.8, 4) is 0 Å². The molecular formula is C11H21FO2. The maximum atomic E-state index is 11.3. The molecule has 0 unspecified atom stereocenters. The first-order valence-electron chi connectivity index (χ1n) is 4.85. The molecule has 0 N–H and O–H groups in total. The normalized spacial score (nSPS) is 10.6. The number of carbonyl (C=O) groups excluding carboxylic acids is 1. The lowest BCUT2D eigenvalue weighted by Gasteiger charge is -2.04. The van der Waals surface area contributed by atoms with Crippen molar-refractivity contribution in [3.05, 3.63) is 11.6 Å². The largest absolute Gasteiger partial charge is 0.463 e. The molecule has 0 radical (unpaired) electrons. The summed E-state index contributed by atoms with van der Waals surface area (Å²) < 4.78 is 16.1. The Morgan fingerprint density at radius 2 is 2.00 bits per heavy atom. The van der Waals surface area contributed by atoms with Crippen LogP contribution in [0.1, 0.15) is 41.0 Å². The summed E-state index contributed by atoms with van der Waals surface area (Å²) in [5.41, 5.74) is 0.801. The Morgan fingerprint density at radius 3 is 2.07 bits per heavy atom. The van der Waals surface area contributed by atoms with E-state index in [1.807, 2.05) is 20.8 Å². The average Bonchev–Trinajstić information content (AvgIpc) is 2.16. The molecule has 0 heterocycles. The summed E-state index contributed by atoms with van der Waals surface area (Å²) >= 11 is 0. The summed E-state index contributed by atoms with van der Waals surface area (Å²) in [6, 6.07) is 0. The van der Waals surface area contributed by atoms with E-state index in [-0.39, 0.29) is 18.7 Å². The van der Waals surface area contributed by atoms with Gasteiger partial charge in [0.1, 0.15) is 6.67 Å². The van der Waals surface area contributed by atoms with Crippen LogP contribution in [0.3, 0.4) is 0 Å². The lowest BCUT2D eigenvalue weighted by atomic mass is 10.3. The first-order valence-corrected chi connectivity index (χ1v) is 4.85. The number of hydrogen-bond donors (Lipinski definition) is 0. The first-order chi connectivity index (χ1) is 6.47. The Bertz CT molecular complexity index is 174. The van der Waals surface area contributed by atoms with Crippen LogP contribution in [0.15, 0.2) is 11.6 Å². The van der Waals surface area contributed by atoms with Gasteiger partial charge in [0.05, 0.1) is 6.10 Å². The third-order valence-electron chi connectivity index (χ3n) is 1.36. The van der Waals surface area contributed by atoms with Crippen molar-refractivity contribution in [2.24, 2.45) is 0 Å². The lowest BCUT2D eigenvalue weighted by Crippen LogP contribution is -2.09. The van der Waals surface area contributed by atoms with Gasteiger partial charge in [0.15, 0.2) is 0 Å². The second-order valence-corrected chi connectivity index (χ2v) is 3.16. The van der Waals surface area contributed by atoms with Crippen LogP contribution in [0.4, 0.5) is 4.39 Å². The molecule has 0 aliphatic heterocycles. The Morgan fingerprint density at radius 1 is 1.50 bits per heavy atom. The van der Waals surface area contributed by atoms with Crippen molar-refractivity contribution in [1.82, 2.24) is 0 Å². The molecule has 0 saturated carbocycles. The van der Waals surface area contributed by atoms with E-state index < -0.39 is 0 Å². The smallest absolute Gasteiger partial charge is 0.305 e. The number of hydrogen-bond acceptors (Lipinski definition) is 2. The van der Waals surface area contributed by atoms with Crippen molar-refractivity contribution >= 4 is 5.97 Å². The van der Waals surface area contributed by atoms with Crippen molar-refractivity contribution in [1.29, 1.82) is 0 Å². The molecule has 14 heavy (non-hydrogen) atoms. The number of halogens is 1. The van der Waals surface area contributed by atoms with Crippen molar-refractivity contribution in [2.45, 2.75) is 47.1 Å². The zero-order valence-corrected chi connectivity index (χ0v) is 9.76. The SMILES string of the molecule is CC=C(C)CF.CCC(=O)OC(C)C. The van der Waals surface area contributed by atoms with Gasteiger partial charge in [-0.25, -0.2) is 4.39 Å². The molecule has 0 rings (SSSR count). The number of esters is 1. The van der Waals surface area contributed by atoms with Crippen LogP contribution in [-0.4, -0.2) is 18.7 Å². The van der Waals surface area contributed by atoms with Gasteiger partial charge in [0.2, 0.25) is 0 Å². The zero-order valence-electron chi connectivity index (χ0n) is 9.76. The summed E-state index contributed by atoms with van der Waals surface area (Å²) in [5.74, 6) is -0.125. The Hall–Kier alpha value is -0.860. The third kappa shape index (κ3) is 13.7. The van der Waals surface area contributed by atoms with E-state index in [9.17, 15) is 9.18 Å². The highest BCUT2D eigenvalue weighted by atomic mass is 19.1. The lowest BCUT2D eigenvalue weighted by molar-refractivity contribution is -0.146. The Labute approximate surface area is 86.1 Å². The molecule has 0 bridgehead atoms. The van der Waals surface area contributed by atoms with E-state index in [1.165, 1.54) is 0 Å². The van der Waals surface area contributed by atoms with Gasteiger partial charge in [-0.1, -0.05) is 13.0 Å². The molecular weight excluding hydrogens is 183 g/mol. The predicted octanol–water partition coefficient (Wildman–Crippen LogP) is 3.27. The van der Waals surface area contributed by atoms with Gasteiger partial charge in [-0.15, -0.1) is 0 Å². The molecule has 0 amide bonds. The van der Waals surface area contributed by atoms with Gasteiger partial charge >= 0.3 is 5.97 Å². The molecule has 0 spiro atoms. The van der Waals surface area contributed by atoms with Crippen LogP contribution in [0.5, 0.6) is 0 Å². The zero-order chi connectivity index (χ0) is 11.6. The third-order valence-corrected chi connectivity index (χ3v) is 1.36. The van der Waals surface area contributed by atoms with Gasteiger partial charge in [0, 0.05) is 6.42 Å². The van der Waals surface area contributed by atoms with Crippen molar-refractivity contribution in [2.75, 3.05) is 6.67 Å². The van der Waals surface area contributed by atoms with E-state index in [2.05, 4.69) is 0 Å². The van der Waals surface area contributed by atoms with Crippen molar-refractivity contribution < 1.29 is 13.9 Å². The number of ether oxygens (including phenoxy) is 1. The summed E-state index contributed by atoms with van der Waals surface area (Å²) in [7, 11) is 0. The molecule has 84 valence electrons. The van der Waals surface area contributed by atoms with Crippen LogP contribution in [0.2, 0.25) is 0 Å². The second-order valence-electron chi connectivity index (χ2n) is 3.16. The van der Waals surface area contributed by atoms with E-state index in [4.69, 9.17) is 4.74 Å². The molecule has 0 saturated heterocycles. The van der Waals surface area contributed by atoms with Gasteiger partial charge < -0.3 is 4.74 Å². The second kappa shape index (κ2) is 10.2. The topological polar surface area (TPSA) is 26.3 Å². The van der Waals surface area contributed by atoms with E-state index in [1.54, 1.807) is 19.9 Å². The highest BCUT2D eigenvalue weighted by molar-refractivity contribution is 5.68. The standard InChI is InChI=1S/C6H12O2.C5H9F/c1-4-6(7)8-5(2)3;1-3-5(2)4-6/h5H,4H2,1-3H3;3H,4H2,1-2H3. The van der Waals surface area contributed by atoms with Crippen LogP contribution in [0.25, 0.3) is 0 Å². The Kier molecular flexibility index (Phi) is 11.4. The fourth-order valence-electron chi connectivity index (χ4n) is 0.423. The van der Waals surface area contributed by atoms with Gasteiger partial charge in [-0.2, -0.15) is 0 Å². The number of allylic oxidation sites excluding steroid dienone is 2. The molecule has 0 aromatic rings. The molecule has 3 heteroatoms. The average molecular weight is 204 g/mol. The first kappa shape index (κ1) is 15.6. The summed E-state index contributed by atoms with van der Waals surface area (Å²) in [6.07, 6.45) is 2.26. The summed E-state index contributed by atoms with van der Waals surface area (Å²) in [6.45, 7) is 8.75. The fourth-order valence-corrected chi connectivity index (χ4v) is 0.423. The highest BCUT2D eigenvalue weighted by Crippen LogP contribution is 1.90. The monoisotopic (exact) mass is 204 g/mol. The molecule has 0 aliphatic rings. The highest BCUT2D eigenvalue weighted by Gasteiger charge is 1.98. The molecule has 2 nitrogen and oxygen atoms in total. The maximum absolute atomic E-state index is 11.3. The van der Waals surface area contributed by atoms with Crippen LogP contribution in [0, 0.1) is 0 Å². The van der Waals surface area contributed by atoms with E-state index in [0.29, 0.717) is 6.42 Å². The molecule has 0 atom stereocenters. The van der Waals surface area contributed by atoms with Gasteiger partial charge in [0.25, 0.3) is 0 Å². The van der Waals surface area contributed by atoms with Gasteiger partial charge in [-0.05, 0) is 33.3 Å².